The maximum atomic E-state index is 12.6. The molecule has 0 saturated carbocycles. The zero-order valence-corrected chi connectivity index (χ0v) is 16.7. The van der Waals surface area contributed by atoms with Gasteiger partial charge in [-0.05, 0) is 42.8 Å². The van der Waals surface area contributed by atoms with Crippen molar-refractivity contribution in [2.24, 2.45) is 5.92 Å². The van der Waals surface area contributed by atoms with Gasteiger partial charge in [0.25, 0.3) is 5.56 Å². The second kappa shape index (κ2) is 8.68. The van der Waals surface area contributed by atoms with Crippen LogP contribution in [0.3, 0.4) is 0 Å². The van der Waals surface area contributed by atoms with Gasteiger partial charge in [-0.15, -0.1) is 0 Å². The number of carbonyl (C=O) groups is 2. The topological polar surface area (TPSA) is 93.1 Å². The molecule has 2 N–H and O–H groups in total. The summed E-state index contributed by atoms with van der Waals surface area (Å²) in [5.74, 6) is -0.377. The third kappa shape index (κ3) is 4.87. The number of aryl methyl sites for hydroxylation is 2. The fourth-order valence-corrected chi connectivity index (χ4v) is 2.87. The van der Waals surface area contributed by atoms with Crippen LogP contribution in [0.4, 0.5) is 11.4 Å². The van der Waals surface area contributed by atoms with E-state index in [4.69, 9.17) is 0 Å². The molecule has 150 valence electrons. The largest absolute Gasteiger partial charge is 0.326 e. The fourth-order valence-electron chi connectivity index (χ4n) is 2.87. The second-order valence-electron chi connectivity index (χ2n) is 7.23. The predicted octanol–water partition coefficient (Wildman–Crippen LogP) is 3.33. The van der Waals surface area contributed by atoms with E-state index in [2.05, 4.69) is 15.6 Å². The molecule has 1 heterocycles. The van der Waals surface area contributed by atoms with Gasteiger partial charge in [0.1, 0.15) is 0 Å². The van der Waals surface area contributed by atoms with E-state index in [-0.39, 0.29) is 36.3 Å². The Hall–Kier alpha value is -3.48. The Morgan fingerprint density at radius 2 is 1.69 bits per heavy atom. The highest BCUT2D eigenvalue weighted by Crippen LogP contribution is 2.15. The van der Waals surface area contributed by atoms with Crippen molar-refractivity contribution in [3.8, 4) is 0 Å². The molecule has 2 amide bonds. The molecule has 0 aliphatic rings. The third-order valence-corrected chi connectivity index (χ3v) is 4.60. The molecule has 0 aliphatic heterocycles. The molecule has 1 aromatic heterocycles. The molecular weight excluding hydrogens is 368 g/mol. The normalized spacial score (nSPS) is 10.9. The van der Waals surface area contributed by atoms with Crippen molar-refractivity contribution in [3.05, 3.63) is 64.7 Å². The molecule has 29 heavy (non-hydrogen) atoms. The van der Waals surface area contributed by atoms with E-state index in [0.717, 1.165) is 5.56 Å². The van der Waals surface area contributed by atoms with Gasteiger partial charge in [0.15, 0.2) is 0 Å². The fraction of sp³-hybridized carbons (Fsp3) is 0.273. The lowest BCUT2D eigenvalue weighted by Gasteiger charge is -2.10. The van der Waals surface area contributed by atoms with Crippen LogP contribution in [0.15, 0.2) is 53.6 Å². The number of carbonyl (C=O) groups excluding carboxylic acids is 2. The minimum Gasteiger partial charge on any atom is -0.326 e. The molecule has 0 saturated heterocycles. The summed E-state index contributed by atoms with van der Waals surface area (Å²) in [6.45, 7) is 5.79. The molecule has 0 radical (unpaired) electrons. The van der Waals surface area contributed by atoms with Crippen LogP contribution in [0.25, 0.3) is 10.9 Å². The Balaban J connectivity index is 1.60. The summed E-state index contributed by atoms with van der Waals surface area (Å²) in [5.41, 5.74) is 2.76. The van der Waals surface area contributed by atoms with E-state index in [9.17, 15) is 14.4 Å². The number of anilines is 2. The number of benzene rings is 2. The number of hydrogen-bond donors (Lipinski definition) is 2. The number of para-hydroxylation sites is 1. The molecule has 0 aliphatic carbocycles. The lowest BCUT2D eigenvalue weighted by molar-refractivity contribution is -0.119. The van der Waals surface area contributed by atoms with Crippen molar-refractivity contribution in [1.82, 2.24) is 9.55 Å². The lowest BCUT2D eigenvalue weighted by atomic mass is 10.1. The molecule has 0 fully saturated rings. The van der Waals surface area contributed by atoms with Gasteiger partial charge in [-0.3, -0.25) is 19.0 Å². The minimum atomic E-state index is -0.208. The van der Waals surface area contributed by atoms with Gasteiger partial charge >= 0.3 is 0 Å². The highest BCUT2D eigenvalue weighted by Gasteiger charge is 2.09. The summed E-state index contributed by atoms with van der Waals surface area (Å²) in [6, 6.07) is 12.4. The quantitative estimate of drug-likeness (QED) is 0.673. The standard InChI is InChI=1S/C22H24N4O3/c1-14(2)21(28)25-17-9-7-16(8-10-17)24-19(27)11-12-26-13-23-20-15(3)5-4-6-18(20)22(26)29/h4-10,13-14H,11-12H2,1-3H3,(H,24,27)(H,25,28). The number of nitrogens with zero attached hydrogens (tertiary/aromatic N) is 2. The monoisotopic (exact) mass is 392 g/mol. The Kier molecular flexibility index (Phi) is 6.07. The van der Waals surface area contributed by atoms with E-state index in [1.165, 1.54) is 10.9 Å². The van der Waals surface area contributed by atoms with Crippen molar-refractivity contribution < 1.29 is 9.59 Å². The summed E-state index contributed by atoms with van der Waals surface area (Å²) in [4.78, 5) is 40.9. The molecular formula is C22H24N4O3. The maximum Gasteiger partial charge on any atom is 0.261 e. The smallest absolute Gasteiger partial charge is 0.261 e. The van der Waals surface area contributed by atoms with E-state index >= 15 is 0 Å². The molecule has 3 aromatic rings. The highest BCUT2D eigenvalue weighted by molar-refractivity contribution is 5.93. The van der Waals surface area contributed by atoms with Crippen LogP contribution in [0.1, 0.15) is 25.8 Å². The van der Waals surface area contributed by atoms with Crippen molar-refractivity contribution in [2.75, 3.05) is 10.6 Å². The number of nitrogens with one attached hydrogen (secondary N) is 2. The second-order valence-corrected chi connectivity index (χ2v) is 7.23. The first-order chi connectivity index (χ1) is 13.8. The van der Waals surface area contributed by atoms with Crippen LogP contribution in [0.5, 0.6) is 0 Å². The first-order valence-corrected chi connectivity index (χ1v) is 9.50. The Bertz CT molecular complexity index is 1100. The van der Waals surface area contributed by atoms with Gasteiger partial charge in [0.2, 0.25) is 11.8 Å². The molecule has 7 heteroatoms. The summed E-state index contributed by atoms with van der Waals surface area (Å²) in [7, 11) is 0. The van der Waals surface area contributed by atoms with E-state index in [1.807, 2.05) is 32.9 Å². The first kappa shape index (κ1) is 20.3. The minimum absolute atomic E-state index is 0.0635. The molecule has 7 nitrogen and oxygen atoms in total. The number of rotatable bonds is 6. The van der Waals surface area contributed by atoms with E-state index < -0.39 is 0 Å². The van der Waals surface area contributed by atoms with Crippen LogP contribution >= 0.6 is 0 Å². The highest BCUT2D eigenvalue weighted by atomic mass is 16.2. The Labute approximate surface area is 168 Å². The van der Waals surface area contributed by atoms with Gasteiger partial charge < -0.3 is 10.6 Å². The van der Waals surface area contributed by atoms with Crippen LogP contribution in [0.2, 0.25) is 0 Å². The van der Waals surface area contributed by atoms with Crippen molar-refractivity contribution in [3.63, 3.8) is 0 Å². The lowest BCUT2D eigenvalue weighted by Crippen LogP contribution is -2.23. The average Bonchev–Trinajstić information content (AvgIpc) is 2.69. The zero-order chi connectivity index (χ0) is 21.0. The molecule has 0 bridgehead atoms. The summed E-state index contributed by atoms with van der Waals surface area (Å²) in [5, 5.41) is 6.14. The molecule has 0 spiro atoms. The molecule has 2 aromatic carbocycles. The first-order valence-electron chi connectivity index (χ1n) is 9.50. The molecule has 0 atom stereocenters. The molecule has 3 rings (SSSR count). The number of amides is 2. The van der Waals surface area contributed by atoms with Gasteiger partial charge in [-0.25, -0.2) is 4.98 Å². The summed E-state index contributed by atoms with van der Waals surface area (Å²) < 4.78 is 1.45. The van der Waals surface area contributed by atoms with E-state index in [0.29, 0.717) is 22.3 Å². The average molecular weight is 392 g/mol. The van der Waals surface area contributed by atoms with Gasteiger partial charge in [0, 0.05) is 30.3 Å². The van der Waals surface area contributed by atoms with Crippen LogP contribution in [-0.4, -0.2) is 21.4 Å². The summed E-state index contributed by atoms with van der Waals surface area (Å²) >= 11 is 0. The number of fused-ring (bicyclic) bond motifs is 1. The van der Waals surface area contributed by atoms with Crippen LogP contribution < -0.4 is 16.2 Å². The number of aromatic nitrogens is 2. The summed E-state index contributed by atoms with van der Waals surface area (Å²) in [6.07, 6.45) is 1.63. The molecule has 0 unspecified atom stereocenters. The Morgan fingerprint density at radius 3 is 2.34 bits per heavy atom. The predicted molar refractivity (Wildman–Crippen MR) is 114 cm³/mol. The number of hydrogen-bond acceptors (Lipinski definition) is 4. The van der Waals surface area contributed by atoms with E-state index in [1.54, 1.807) is 30.3 Å². The zero-order valence-electron chi connectivity index (χ0n) is 16.7. The maximum absolute atomic E-state index is 12.6. The van der Waals surface area contributed by atoms with Crippen molar-refractivity contribution in [2.45, 2.75) is 33.7 Å². The van der Waals surface area contributed by atoms with Gasteiger partial charge in [0.05, 0.1) is 17.2 Å². The van der Waals surface area contributed by atoms with Crippen molar-refractivity contribution >= 4 is 34.1 Å². The van der Waals surface area contributed by atoms with Crippen LogP contribution in [-0.2, 0) is 16.1 Å². The van der Waals surface area contributed by atoms with Crippen LogP contribution in [0, 0.1) is 12.8 Å². The van der Waals surface area contributed by atoms with Gasteiger partial charge in [-0.1, -0.05) is 26.0 Å². The van der Waals surface area contributed by atoms with Crippen molar-refractivity contribution in [1.29, 1.82) is 0 Å². The third-order valence-electron chi connectivity index (χ3n) is 4.60. The van der Waals surface area contributed by atoms with Gasteiger partial charge in [-0.2, -0.15) is 0 Å². The SMILES string of the molecule is Cc1cccc2c(=O)n(CCC(=O)Nc3ccc(NC(=O)C(C)C)cc3)cnc12. The Morgan fingerprint density at radius 1 is 1.03 bits per heavy atom.